The molecule has 1 amide bonds. The number of rotatable bonds is 43. The number of nitrogens with two attached hydrogens (primary N) is 1. The van der Waals surface area contributed by atoms with Crippen molar-refractivity contribution in [2.24, 2.45) is 5.73 Å². The minimum Gasteiger partial charge on any atom is -0.391 e. The summed E-state index contributed by atoms with van der Waals surface area (Å²) in [4.78, 5) is 22.7. The Morgan fingerprint density at radius 1 is 0.558 bits per heavy atom. The maximum Gasteiger partial charge on any atom is 0.472 e. The first kappa shape index (κ1) is 51.5. The van der Waals surface area contributed by atoms with Crippen molar-refractivity contribution in [1.82, 2.24) is 5.32 Å². The first-order valence-corrected chi connectivity index (χ1v) is 24.1. The second-order valence-corrected chi connectivity index (χ2v) is 17.1. The van der Waals surface area contributed by atoms with E-state index in [1.807, 2.05) is 0 Å². The fraction of sp³-hybridized carbons (Fsp3) is 0.977. The van der Waals surface area contributed by atoms with Crippen LogP contribution in [0.15, 0.2) is 0 Å². The van der Waals surface area contributed by atoms with Gasteiger partial charge in [0.25, 0.3) is 0 Å². The minimum absolute atomic E-state index is 0.0926. The van der Waals surface area contributed by atoms with E-state index in [9.17, 15) is 19.4 Å². The second-order valence-electron chi connectivity index (χ2n) is 15.6. The van der Waals surface area contributed by atoms with Gasteiger partial charge in [-0.1, -0.05) is 219 Å². The van der Waals surface area contributed by atoms with Crippen molar-refractivity contribution in [3.63, 3.8) is 0 Å². The zero-order chi connectivity index (χ0) is 38.2. The summed E-state index contributed by atoms with van der Waals surface area (Å²) in [6.07, 6.45) is 42.5. The highest BCUT2D eigenvalue weighted by atomic mass is 31.2. The smallest absolute Gasteiger partial charge is 0.391 e. The quantitative estimate of drug-likeness (QED) is 0.0359. The molecule has 0 heterocycles. The molecule has 9 heteroatoms. The van der Waals surface area contributed by atoms with Crippen molar-refractivity contribution in [2.45, 2.75) is 251 Å². The third kappa shape index (κ3) is 37.8. The van der Waals surface area contributed by atoms with E-state index in [2.05, 4.69) is 19.2 Å². The topological polar surface area (TPSA) is 131 Å². The summed E-state index contributed by atoms with van der Waals surface area (Å²) in [7, 11) is -4.31. The number of hydrogen-bond donors (Lipinski definition) is 4. The molecule has 0 fully saturated rings. The molecule has 0 bridgehead atoms. The van der Waals surface area contributed by atoms with Crippen LogP contribution in [0.4, 0.5) is 0 Å². The number of amides is 1. The maximum absolute atomic E-state index is 12.8. The predicted octanol–water partition coefficient (Wildman–Crippen LogP) is 12.6. The first-order valence-electron chi connectivity index (χ1n) is 22.7. The highest BCUT2D eigenvalue weighted by molar-refractivity contribution is 7.47. The van der Waals surface area contributed by atoms with Crippen LogP contribution in [0, 0.1) is 0 Å². The molecular weight excluding hydrogens is 671 g/mol. The van der Waals surface area contributed by atoms with Crippen LogP contribution in [-0.2, 0) is 18.4 Å². The molecule has 0 aromatic carbocycles. The first-order chi connectivity index (χ1) is 25.4. The van der Waals surface area contributed by atoms with Crippen LogP contribution in [0.2, 0.25) is 0 Å². The Bertz CT molecular complexity index is 789. The number of nitrogens with one attached hydrogen (secondary N) is 1. The van der Waals surface area contributed by atoms with Gasteiger partial charge in [0.2, 0.25) is 5.91 Å². The molecule has 0 aliphatic carbocycles. The molecule has 0 radical (unpaired) electrons. The van der Waals surface area contributed by atoms with Crippen molar-refractivity contribution in [3.05, 3.63) is 0 Å². The lowest BCUT2D eigenvalue weighted by Crippen LogP contribution is -2.46. The number of hydrogen-bond acceptors (Lipinski definition) is 6. The Labute approximate surface area is 322 Å². The standard InChI is InChI=1S/C43H89N2O6P/c1-3-5-7-9-11-13-15-17-19-21-23-25-27-29-31-33-35-37-43(47)45-41(40-51-52(48,49)50-39-38-44)42(46)36-34-32-30-28-26-24-22-20-18-16-14-12-10-8-6-4-2/h41-42,46H,3-40,44H2,1-2H3,(H,45,47)(H,48,49). The van der Waals surface area contributed by atoms with Gasteiger partial charge in [0.15, 0.2) is 0 Å². The molecular formula is C43H89N2O6P. The largest absolute Gasteiger partial charge is 0.472 e. The van der Waals surface area contributed by atoms with Gasteiger partial charge in [0.1, 0.15) is 0 Å². The molecule has 0 spiro atoms. The van der Waals surface area contributed by atoms with Crippen LogP contribution in [0.3, 0.4) is 0 Å². The van der Waals surface area contributed by atoms with Crippen LogP contribution < -0.4 is 11.1 Å². The summed E-state index contributed by atoms with van der Waals surface area (Å²) in [5.74, 6) is -0.156. The molecule has 312 valence electrons. The van der Waals surface area contributed by atoms with E-state index in [0.29, 0.717) is 12.8 Å². The van der Waals surface area contributed by atoms with E-state index in [-0.39, 0.29) is 25.7 Å². The van der Waals surface area contributed by atoms with Crippen LogP contribution >= 0.6 is 7.82 Å². The number of phosphoric acid groups is 1. The second kappa shape index (κ2) is 40.2. The maximum atomic E-state index is 12.8. The van der Waals surface area contributed by atoms with Gasteiger partial charge in [-0.15, -0.1) is 0 Å². The fourth-order valence-corrected chi connectivity index (χ4v) is 7.78. The monoisotopic (exact) mass is 761 g/mol. The number of carbonyl (C=O) groups excluding carboxylic acids is 1. The highest BCUT2D eigenvalue weighted by Gasteiger charge is 2.27. The zero-order valence-electron chi connectivity index (χ0n) is 34.6. The van der Waals surface area contributed by atoms with Crippen LogP contribution in [0.1, 0.15) is 239 Å². The van der Waals surface area contributed by atoms with Gasteiger partial charge in [-0.05, 0) is 12.8 Å². The third-order valence-corrected chi connectivity index (χ3v) is 11.4. The summed E-state index contributed by atoms with van der Waals surface area (Å²) < 4.78 is 22.2. The van der Waals surface area contributed by atoms with Gasteiger partial charge >= 0.3 is 7.82 Å². The van der Waals surface area contributed by atoms with E-state index < -0.39 is 20.0 Å². The molecule has 0 saturated heterocycles. The Morgan fingerprint density at radius 3 is 1.23 bits per heavy atom. The minimum atomic E-state index is -4.31. The molecule has 0 aromatic rings. The molecule has 0 aromatic heterocycles. The Hall–Kier alpha value is -0.500. The lowest BCUT2D eigenvalue weighted by molar-refractivity contribution is -0.123. The van der Waals surface area contributed by atoms with E-state index in [1.54, 1.807) is 0 Å². The molecule has 5 N–H and O–H groups in total. The lowest BCUT2D eigenvalue weighted by Gasteiger charge is -2.25. The molecule has 3 unspecified atom stereocenters. The van der Waals surface area contributed by atoms with Gasteiger partial charge in [-0.3, -0.25) is 13.8 Å². The average Bonchev–Trinajstić information content (AvgIpc) is 3.13. The third-order valence-electron chi connectivity index (χ3n) is 10.5. The molecule has 0 rings (SSSR count). The van der Waals surface area contributed by atoms with E-state index in [0.717, 1.165) is 38.5 Å². The van der Waals surface area contributed by atoms with Gasteiger partial charge in [0.05, 0.1) is 25.4 Å². The molecule has 0 saturated carbocycles. The van der Waals surface area contributed by atoms with Gasteiger partial charge < -0.3 is 21.1 Å². The molecule has 0 aliphatic heterocycles. The molecule has 0 aliphatic rings. The number of carbonyl (C=O) groups is 1. The summed E-state index contributed by atoms with van der Waals surface area (Å²) >= 11 is 0. The van der Waals surface area contributed by atoms with Gasteiger partial charge in [-0.2, -0.15) is 0 Å². The van der Waals surface area contributed by atoms with Crippen LogP contribution in [-0.4, -0.2) is 47.8 Å². The average molecular weight is 761 g/mol. The molecule has 52 heavy (non-hydrogen) atoms. The predicted molar refractivity (Wildman–Crippen MR) is 222 cm³/mol. The Kier molecular flexibility index (Phi) is 39.8. The zero-order valence-corrected chi connectivity index (χ0v) is 35.5. The summed E-state index contributed by atoms with van der Waals surface area (Å²) in [5, 5.41) is 13.8. The van der Waals surface area contributed by atoms with Crippen LogP contribution in [0.5, 0.6) is 0 Å². The normalized spacial score (nSPS) is 14.0. The van der Waals surface area contributed by atoms with Crippen molar-refractivity contribution in [1.29, 1.82) is 0 Å². The van der Waals surface area contributed by atoms with E-state index >= 15 is 0 Å². The summed E-state index contributed by atoms with van der Waals surface area (Å²) in [6.45, 7) is 4.24. The lowest BCUT2D eigenvalue weighted by atomic mass is 10.0. The van der Waals surface area contributed by atoms with Gasteiger partial charge in [0, 0.05) is 13.0 Å². The number of aliphatic hydroxyl groups is 1. The summed E-state index contributed by atoms with van der Waals surface area (Å²) in [6, 6.07) is -0.767. The van der Waals surface area contributed by atoms with Crippen LogP contribution in [0.25, 0.3) is 0 Å². The molecule has 3 atom stereocenters. The van der Waals surface area contributed by atoms with Crippen molar-refractivity contribution in [2.75, 3.05) is 19.8 Å². The Morgan fingerprint density at radius 2 is 0.885 bits per heavy atom. The van der Waals surface area contributed by atoms with Gasteiger partial charge in [-0.25, -0.2) is 4.57 Å². The summed E-state index contributed by atoms with van der Waals surface area (Å²) in [5.41, 5.74) is 5.38. The Balaban J connectivity index is 4.10. The number of phosphoric ester groups is 1. The fourth-order valence-electron chi connectivity index (χ4n) is 7.02. The van der Waals surface area contributed by atoms with Crippen molar-refractivity contribution >= 4 is 13.7 Å². The van der Waals surface area contributed by atoms with Crippen molar-refractivity contribution in [3.8, 4) is 0 Å². The van der Waals surface area contributed by atoms with E-state index in [4.69, 9.17) is 14.8 Å². The highest BCUT2D eigenvalue weighted by Crippen LogP contribution is 2.43. The number of aliphatic hydroxyl groups excluding tert-OH is 1. The number of unbranched alkanes of at least 4 members (excludes halogenated alkanes) is 31. The van der Waals surface area contributed by atoms with Crippen molar-refractivity contribution < 1.29 is 28.4 Å². The SMILES string of the molecule is CCCCCCCCCCCCCCCCCCCC(=O)NC(COP(=O)(O)OCCN)C(O)CCCCCCCCCCCCCCCCCC. The molecule has 8 nitrogen and oxygen atoms in total. The van der Waals surface area contributed by atoms with E-state index in [1.165, 1.54) is 173 Å².